The number of alkyl halides is 3. The van der Waals surface area contributed by atoms with Gasteiger partial charge in [-0.3, -0.25) is 4.79 Å². The Kier molecular flexibility index (Phi) is 5.98. The smallest absolute Gasteiger partial charge is 0.429 e. The fourth-order valence-corrected chi connectivity index (χ4v) is 3.20. The molecule has 1 unspecified atom stereocenters. The Morgan fingerprint density at radius 3 is 2.48 bits per heavy atom. The molecule has 152 valence electrons. The van der Waals surface area contributed by atoms with Crippen LogP contribution < -0.4 is 0 Å². The van der Waals surface area contributed by atoms with Crippen molar-refractivity contribution in [3.05, 3.63) is 75.1 Å². The highest BCUT2D eigenvalue weighted by atomic mass is 35.5. The van der Waals surface area contributed by atoms with Crippen LogP contribution in [0, 0.1) is 0 Å². The van der Waals surface area contributed by atoms with Crippen LogP contribution in [0.4, 0.5) is 13.2 Å². The minimum absolute atomic E-state index is 0.0271. The summed E-state index contributed by atoms with van der Waals surface area (Å²) in [7, 11) is 0. The lowest BCUT2D eigenvalue weighted by atomic mass is 9.93. The Labute approximate surface area is 169 Å². The minimum atomic E-state index is -4.78. The lowest BCUT2D eigenvalue weighted by Gasteiger charge is -2.31. The van der Waals surface area contributed by atoms with Gasteiger partial charge in [-0.25, -0.2) is 4.79 Å². The molecule has 1 aromatic rings. The van der Waals surface area contributed by atoms with E-state index in [-0.39, 0.29) is 18.8 Å². The minimum Gasteiger partial charge on any atom is -0.479 e. The predicted molar refractivity (Wildman–Crippen MR) is 101 cm³/mol. The zero-order valence-corrected chi connectivity index (χ0v) is 16.0. The number of halogens is 4. The van der Waals surface area contributed by atoms with E-state index in [1.54, 1.807) is 30.3 Å². The third kappa shape index (κ3) is 4.62. The van der Waals surface area contributed by atoms with Gasteiger partial charge >= 0.3 is 12.1 Å². The van der Waals surface area contributed by atoms with Gasteiger partial charge in [0.05, 0.1) is 12.2 Å². The number of hydrogen-bond donors (Lipinski definition) is 0. The second-order valence-electron chi connectivity index (χ2n) is 6.36. The molecule has 29 heavy (non-hydrogen) atoms. The van der Waals surface area contributed by atoms with Gasteiger partial charge in [0.2, 0.25) is 6.10 Å². The predicted octanol–water partition coefficient (Wildman–Crippen LogP) is 5.11. The molecule has 0 fully saturated rings. The van der Waals surface area contributed by atoms with E-state index in [2.05, 4.69) is 0 Å². The van der Waals surface area contributed by atoms with Crippen LogP contribution in [-0.2, 0) is 14.3 Å². The Morgan fingerprint density at radius 1 is 1.24 bits per heavy atom. The van der Waals surface area contributed by atoms with E-state index in [4.69, 9.17) is 21.1 Å². The van der Waals surface area contributed by atoms with Crippen molar-refractivity contribution in [3.8, 4) is 0 Å². The molecule has 0 N–H and O–H groups in total. The number of ether oxygens (including phenoxy) is 2. The molecule has 0 saturated heterocycles. The standard InChI is InChI=1S/C21H16ClF3O4/c1-2-28-20(27)16-8-15-9-17(22)14(7-12-3-5-13(11-26)6-4-12)10-18(15)29-19(16)21(23,24)25/h3-9,11,19H,2,10H2,1H3. The molecule has 1 aliphatic heterocycles. The first kappa shape index (κ1) is 20.9. The largest absolute Gasteiger partial charge is 0.479 e. The second kappa shape index (κ2) is 8.29. The highest BCUT2D eigenvalue weighted by Gasteiger charge is 2.49. The molecule has 0 bridgehead atoms. The van der Waals surface area contributed by atoms with Crippen LogP contribution in [0.2, 0.25) is 0 Å². The van der Waals surface area contributed by atoms with Gasteiger partial charge in [0.25, 0.3) is 0 Å². The summed E-state index contributed by atoms with van der Waals surface area (Å²) in [5.74, 6) is -1.01. The Hall–Kier alpha value is -2.80. The first-order valence-electron chi connectivity index (χ1n) is 8.71. The highest BCUT2D eigenvalue weighted by molar-refractivity contribution is 6.32. The van der Waals surface area contributed by atoms with Crippen LogP contribution in [0.15, 0.2) is 63.9 Å². The van der Waals surface area contributed by atoms with Crippen molar-refractivity contribution < 1.29 is 32.2 Å². The summed E-state index contributed by atoms with van der Waals surface area (Å²) in [5, 5.41) is 0.316. The summed E-state index contributed by atoms with van der Waals surface area (Å²) in [6.07, 6.45) is -2.17. The summed E-state index contributed by atoms with van der Waals surface area (Å²) in [4.78, 5) is 22.7. The van der Waals surface area contributed by atoms with Crippen LogP contribution in [0.5, 0.6) is 0 Å². The molecule has 1 heterocycles. The number of benzene rings is 1. The van der Waals surface area contributed by atoms with Gasteiger partial charge in [-0.1, -0.05) is 35.9 Å². The van der Waals surface area contributed by atoms with Crippen LogP contribution in [0.1, 0.15) is 29.3 Å². The molecule has 2 aliphatic rings. The monoisotopic (exact) mass is 424 g/mol. The van der Waals surface area contributed by atoms with Gasteiger partial charge < -0.3 is 9.47 Å². The molecule has 1 aromatic carbocycles. The van der Waals surface area contributed by atoms with Crippen LogP contribution in [0.25, 0.3) is 6.08 Å². The van der Waals surface area contributed by atoms with Crippen molar-refractivity contribution >= 4 is 29.9 Å². The molecule has 0 saturated carbocycles. The molecule has 0 aromatic heterocycles. The number of hydrogen-bond acceptors (Lipinski definition) is 4. The molecule has 1 atom stereocenters. The van der Waals surface area contributed by atoms with Crippen molar-refractivity contribution in [3.63, 3.8) is 0 Å². The maximum absolute atomic E-state index is 13.5. The molecule has 0 spiro atoms. The van der Waals surface area contributed by atoms with Crippen molar-refractivity contribution in [2.24, 2.45) is 0 Å². The highest BCUT2D eigenvalue weighted by Crippen LogP contribution is 2.41. The number of carbonyl (C=O) groups excluding carboxylic acids is 2. The van der Waals surface area contributed by atoms with Crippen molar-refractivity contribution in [2.75, 3.05) is 6.61 Å². The number of esters is 1. The number of rotatable bonds is 4. The normalized spacial score (nSPS) is 20.4. The fourth-order valence-electron chi connectivity index (χ4n) is 2.97. The third-order valence-electron chi connectivity index (χ3n) is 4.34. The first-order chi connectivity index (χ1) is 13.7. The van der Waals surface area contributed by atoms with Crippen molar-refractivity contribution in [2.45, 2.75) is 25.6 Å². The van der Waals surface area contributed by atoms with Gasteiger partial charge in [-0.15, -0.1) is 0 Å². The number of carbonyl (C=O) groups is 2. The maximum Gasteiger partial charge on any atom is 0.429 e. The van der Waals surface area contributed by atoms with Crippen molar-refractivity contribution in [1.29, 1.82) is 0 Å². The molecular formula is C21H16ClF3O4. The topological polar surface area (TPSA) is 52.6 Å². The summed E-state index contributed by atoms with van der Waals surface area (Å²) < 4.78 is 50.3. The van der Waals surface area contributed by atoms with E-state index in [0.717, 1.165) is 11.6 Å². The zero-order chi connectivity index (χ0) is 21.2. The Balaban J connectivity index is 1.94. The van der Waals surface area contributed by atoms with Gasteiger partial charge in [-0.05, 0) is 36.3 Å². The van der Waals surface area contributed by atoms with Crippen LogP contribution in [0.3, 0.4) is 0 Å². The van der Waals surface area contributed by atoms with E-state index >= 15 is 0 Å². The van der Waals surface area contributed by atoms with Gasteiger partial charge in [0.1, 0.15) is 12.0 Å². The lowest BCUT2D eigenvalue weighted by molar-refractivity contribution is -0.201. The summed E-state index contributed by atoms with van der Waals surface area (Å²) in [5.41, 5.74) is 1.47. The second-order valence-corrected chi connectivity index (χ2v) is 6.77. The fraction of sp³-hybridized carbons (Fsp3) is 0.238. The van der Waals surface area contributed by atoms with E-state index in [9.17, 15) is 22.8 Å². The Bertz CT molecular complexity index is 953. The third-order valence-corrected chi connectivity index (χ3v) is 4.69. The van der Waals surface area contributed by atoms with E-state index in [1.807, 2.05) is 0 Å². The van der Waals surface area contributed by atoms with Crippen LogP contribution >= 0.6 is 11.6 Å². The molecular weight excluding hydrogens is 409 g/mol. The molecule has 4 nitrogen and oxygen atoms in total. The average Bonchev–Trinajstić information content (AvgIpc) is 2.67. The molecule has 8 heteroatoms. The molecule has 1 aliphatic carbocycles. The van der Waals surface area contributed by atoms with E-state index < -0.39 is 23.8 Å². The van der Waals surface area contributed by atoms with E-state index in [1.165, 1.54) is 13.0 Å². The SMILES string of the molecule is CCOC(=O)C1=CC2=C(CC(=Cc3ccc(C=O)cc3)C(Cl)=C2)OC1C(F)(F)F. The summed E-state index contributed by atoms with van der Waals surface area (Å²) >= 11 is 6.31. The van der Waals surface area contributed by atoms with Gasteiger partial charge in [0, 0.05) is 22.6 Å². The maximum atomic E-state index is 13.5. The quantitative estimate of drug-likeness (QED) is 0.497. The Morgan fingerprint density at radius 2 is 1.90 bits per heavy atom. The zero-order valence-electron chi connectivity index (χ0n) is 15.3. The molecule has 0 radical (unpaired) electrons. The first-order valence-corrected chi connectivity index (χ1v) is 9.09. The summed E-state index contributed by atoms with van der Waals surface area (Å²) in [6.45, 7) is 1.45. The molecule has 0 amide bonds. The van der Waals surface area contributed by atoms with Crippen LogP contribution in [-0.4, -0.2) is 31.1 Å². The van der Waals surface area contributed by atoms with Crippen molar-refractivity contribution in [1.82, 2.24) is 0 Å². The number of allylic oxidation sites excluding steroid dienone is 5. The number of aldehydes is 1. The molecule has 3 rings (SSSR count). The van der Waals surface area contributed by atoms with Gasteiger partial charge in [0.15, 0.2) is 0 Å². The van der Waals surface area contributed by atoms with E-state index in [0.29, 0.717) is 28.0 Å². The summed E-state index contributed by atoms with van der Waals surface area (Å²) in [6, 6.07) is 6.64. The van der Waals surface area contributed by atoms with Gasteiger partial charge in [-0.2, -0.15) is 13.2 Å². The average molecular weight is 425 g/mol. The lowest BCUT2D eigenvalue weighted by Crippen LogP contribution is -2.39.